The van der Waals surface area contributed by atoms with E-state index >= 15 is 0 Å². The van der Waals surface area contributed by atoms with Crippen molar-refractivity contribution in [2.24, 2.45) is 5.92 Å². The van der Waals surface area contributed by atoms with Crippen LogP contribution in [0.1, 0.15) is 50.2 Å². The average Bonchev–Trinajstić information content (AvgIpc) is 2.59. The topological polar surface area (TPSA) is 83.5 Å². The maximum Gasteiger partial charge on any atom is 0.306 e. The molecule has 1 aliphatic carbocycles. The first-order chi connectivity index (χ1) is 12.4. The first-order valence-electron chi connectivity index (χ1n) is 8.61. The lowest BCUT2D eigenvalue weighted by molar-refractivity contribution is -0.145. The third-order valence-corrected chi connectivity index (χ3v) is 5.01. The highest BCUT2D eigenvalue weighted by molar-refractivity contribution is 6.15. The second-order valence-electron chi connectivity index (χ2n) is 6.85. The van der Waals surface area contributed by atoms with Crippen LogP contribution in [0.25, 0.3) is 0 Å². The van der Waals surface area contributed by atoms with Crippen LogP contribution in [0, 0.1) is 19.8 Å². The summed E-state index contributed by atoms with van der Waals surface area (Å²) in [6, 6.07) is 12.0. The van der Waals surface area contributed by atoms with E-state index in [1.807, 2.05) is 26.0 Å². The Morgan fingerprint density at radius 3 is 2.23 bits per heavy atom. The van der Waals surface area contributed by atoms with E-state index in [1.165, 1.54) is 0 Å². The molecule has 0 radical (unpaired) electrons. The van der Waals surface area contributed by atoms with Gasteiger partial charge in [0.1, 0.15) is 0 Å². The number of amides is 1. The molecule has 2 N–H and O–H groups in total. The average molecular weight is 351 g/mol. The third-order valence-electron chi connectivity index (χ3n) is 5.01. The van der Waals surface area contributed by atoms with E-state index in [4.69, 9.17) is 5.11 Å². The molecule has 1 amide bonds. The molecule has 0 heterocycles. The number of rotatable bonds is 5. The Balaban J connectivity index is 1.79. The summed E-state index contributed by atoms with van der Waals surface area (Å²) in [5.41, 5.74) is 3.33. The molecule has 0 atom stereocenters. The molecule has 1 fully saturated rings. The number of aryl methyl sites for hydroxylation is 2. The fourth-order valence-electron chi connectivity index (χ4n) is 3.12. The van der Waals surface area contributed by atoms with E-state index in [1.54, 1.807) is 30.3 Å². The Hall–Kier alpha value is -2.95. The van der Waals surface area contributed by atoms with Crippen molar-refractivity contribution in [1.29, 1.82) is 0 Å². The normalized spacial score (nSPS) is 18.7. The highest BCUT2D eigenvalue weighted by Crippen LogP contribution is 2.28. The van der Waals surface area contributed by atoms with Crippen LogP contribution >= 0.6 is 0 Å². The summed E-state index contributed by atoms with van der Waals surface area (Å²) >= 11 is 0. The van der Waals surface area contributed by atoms with Crippen LogP contribution in [0.3, 0.4) is 0 Å². The predicted octanol–water partition coefficient (Wildman–Crippen LogP) is 3.13. The summed E-state index contributed by atoms with van der Waals surface area (Å²) in [5.74, 6) is -1.77. The highest BCUT2D eigenvalue weighted by atomic mass is 16.4. The second-order valence-corrected chi connectivity index (χ2v) is 6.85. The van der Waals surface area contributed by atoms with E-state index in [0.717, 1.165) is 11.1 Å². The zero-order valence-electron chi connectivity index (χ0n) is 14.8. The predicted molar refractivity (Wildman–Crippen MR) is 97.4 cm³/mol. The van der Waals surface area contributed by atoms with E-state index in [0.29, 0.717) is 29.5 Å². The van der Waals surface area contributed by atoms with Crippen molar-refractivity contribution >= 4 is 17.7 Å². The van der Waals surface area contributed by atoms with Crippen molar-refractivity contribution in [2.75, 3.05) is 0 Å². The second kappa shape index (κ2) is 7.12. The van der Waals surface area contributed by atoms with Gasteiger partial charge in [0.2, 0.25) is 0 Å². The quantitative estimate of drug-likeness (QED) is 0.811. The number of carbonyl (C=O) groups is 3. The van der Waals surface area contributed by atoms with Crippen molar-refractivity contribution in [3.63, 3.8) is 0 Å². The number of aliphatic carboxylic acids is 1. The smallest absolute Gasteiger partial charge is 0.306 e. The van der Waals surface area contributed by atoms with E-state index in [2.05, 4.69) is 5.32 Å². The van der Waals surface area contributed by atoms with Crippen LogP contribution in [-0.4, -0.2) is 28.8 Å². The van der Waals surface area contributed by atoms with Gasteiger partial charge >= 0.3 is 5.97 Å². The van der Waals surface area contributed by atoms with Gasteiger partial charge < -0.3 is 10.4 Å². The monoisotopic (exact) mass is 351 g/mol. The Labute approximate surface area is 152 Å². The SMILES string of the molecule is Cc1ccc(C(=O)c2ccccc2C(=O)NC2CC(C(=O)O)C2)cc1C. The fourth-order valence-corrected chi connectivity index (χ4v) is 3.12. The molecule has 134 valence electrons. The summed E-state index contributed by atoms with van der Waals surface area (Å²) in [4.78, 5) is 36.4. The number of hydrogen-bond acceptors (Lipinski definition) is 3. The molecule has 0 aromatic heterocycles. The van der Waals surface area contributed by atoms with Gasteiger partial charge in [-0.25, -0.2) is 0 Å². The molecule has 2 aromatic rings. The van der Waals surface area contributed by atoms with Crippen LogP contribution in [-0.2, 0) is 4.79 Å². The van der Waals surface area contributed by atoms with Crippen LogP contribution in [0.5, 0.6) is 0 Å². The molecule has 26 heavy (non-hydrogen) atoms. The first kappa shape index (κ1) is 17.9. The Kier molecular flexibility index (Phi) is 4.89. The molecular weight excluding hydrogens is 330 g/mol. The molecule has 5 heteroatoms. The zero-order chi connectivity index (χ0) is 18.8. The number of nitrogens with one attached hydrogen (secondary N) is 1. The summed E-state index contributed by atoms with van der Waals surface area (Å²) in [6.45, 7) is 3.92. The number of ketones is 1. The van der Waals surface area contributed by atoms with Gasteiger partial charge in [-0.05, 0) is 49.9 Å². The largest absolute Gasteiger partial charge is 0.481 e. The van der Waals surface area contributed by atoms with Crippen LogP contribution < -0.4 is 5.32 Å². The molecular formula is C21H21NO4. The third kappa shape index (κ3) is 3.52. The minimum Gasteiger partial charge on any atom is -0.481 e. The Morgan fingerprint density at radius 2 is 1.62 bits per heavy atom. The summed E-state index contributed by atoms with van der Waals surface area (Å²) < 4.78 is 0. The number of carbonyl (C=O) groups excluding carboxylic acids is 2. The van der Waals surface area contributed by atoms with Crippen molar-refractivity contribution in [3.8, 4) is 0 Å². The summed E-state index contributed by atoms with van der Waals surface area (Å²) in [6.07, 6.45) is 0.850. The number of hydrogen-bond donors (Lipinski definition) is 2. The van der Waals surface area contributed by atoms with E-state index < -0.39 is 11.9 Å². The first-order valence-corrected chi connectivity index (χ1v) is 8.61. The lowest BCUT2D eigenvalue weighted by atomic mass is 9.80. The fraction of sp³-hybridized carbons (Fsp3) is 0.286. The van der Waals surface area contributed by atoms with Gasteiger partial charge in [0, 0.05) is 17.2 Å². The molecule has 1 saturated carbocycles. The van der Waals surface area contributed by atoms with Crippen LogP contribution in [0.4, 0.5) is 0 Å². The summed E-state index contributed by atoms with van der Waals surface area (Å²) in [7, 11) is 0. The van der Waals surface area contributed by atoms with Crippen LogP contribution in [0.2, 0.25) is 0 Å². The van der Waals surface area contributed by atoms with Crippen molar-refractivity contribution in [1.82, 2.24) is 5.32 Å². The minimum absolute atomic E-state index is 0.159. The maximum atomic E-state index is 12.9. The van der Waals surface area contributed by atoms with E-state index in [-0.39, 0.29) is 17.7 Å². The van der Waals surface area contributed by atoms with E-state index in [9.17, 15) is 14.4 Å². The minimum atomic E-state index is -0.833. The molecule has 5 nitrogen and oxygen atoms in total. The highest BCUT2D eigenvalue weighted by Gasteiger charge is 2.35. The van der Waals surface area contributed by atoms with Crippen molar-refractivity contribution in [2.45, 2.75) is 32.7 Å². The van der Waals surface area contributed by atoms with Gasteiger partial charge in [-0.2, -0.15) is 0 Å². The Bertz CT molecular complexity index is 881. The Morgan fingerprint density at radius 1 is 0.962 bits per heavy atom. The van der Waals surface area contributed by atoms with Gasteiger partial charge in [-0.15, -0.1) is 0 Å². The number of carboxylic acids is 1. The molecule has 0 unspecified atom stereocenters. The van der Waals surface area contributed by atoms with Gasteiger partial charge in [-0.3, -0.25) is 14.4 Å². The van der Waals surface area contributed by atoms with Gasteiger partial charge in [0.25, 0.3) is 5.91 Å². The number of benzene rings is 2. The standard InChI is InChI=1S/C21H21NO4/c1-12-7-8-14(9-13(12)2)19(23)17-5-3-4-6-18(17)20(24)22-16-10-15(11-16)21(25)26/h3-9,15-16H,10-11H2,1-2H3,(H,22,24)(H,25,26). The molecule has 3 rings (SSSR count). The lowest BCUT2D eigenvalue weighted by Crippen LogP contribution is -2.46. The van der Waals surface area contributed by atoms with Gasteiger partial charge in [0.05, 0.1) is 11.5 Å². The maximum absolute atomic E-state index is 12.9. The summed E-state index contributed by atoms with van der Waals surface area (Å²) in [5, 5.41) is 11.8. The number of carboxylic acid groups (broad SMARTS) is 1. The molecule has 0 spiro atoms. The van der Waals surface area contributed by atoms with Gasteiger partial charge in [0.15, 0.2) is 5.78 Å². The molecule has 0 aliphatic heterocycles. The van der Waals surface area contributed by atoms with Crippen molar-refractivity contribution < 1.29 is 19.5 Å². The van der Waals surface area contributed by atoms with Gasteiger partial charge in [-0.1, -0.05) is 30.3 Å². The van der Waals surface area contributed by atoms with Crippen molar-refractivity contribution in [3.05, 3.63) is 70.3 Å². The zero-order valence-corrected chi connectivity index (χ0v) is 14.8. The molecule has 1 aliphatic rings. The molecule has 0 bridgehead atoms. The molecule has 0 saturated heterocycles. The lowest BCUT2D eigenvalue weighted by Gasteiger charge is -2.33. The van der Waals surface area contributed by atoms with Crippen LogP contribution in [0.15, 0.2) is 42.5 Å². The molecule has 2 aromatic carbocycles.